The van der Waals surface area contributed by atoms with Gasteiger partial charge in [-0.1, -0.05) is 42.2 Å². The highest BCUT2D eigenvalue weighted by atomic mass is 16.5. The fraction of sp³-hybridized carbons (Fsp3) is 0. The van der Waals surface area contributed by atoms with Crippen LogP contribution in [0.1, 0.15) is 22.3 Å². The number of benzene rings is 4. The average Bonchev–Trinajstić information content (AvgIpc) is 3.46. The summed E-state index contributed by atoms with van der Waals surface area (Å²) in [5, 5.41) is 27.3. The SMILES string of the molecule is C#Cc1cccc(-c2cc(C#N)ccc2-c2nnoc2-c2ccc(C#N)cc2-c2cccc(C#C)c2)c1. The zero-order chi connectivity index (χ0) is 25.8. The number of rotatable bonds is 4. The van der Waals surface area contributed by atoms with Gasteiger partial charge in [-0.2, -0.15) is 10.5 Å². The van der Waals surface area contributed by atoms with Crippen molar-refractivity contribution in [3.05, 3.63) is 107 Å². The number of nitrogens with zero attached hydrogens (tertiary/aromatic N) is 4. The van der Waals surface area contributed by atoms with Gasteiger partial charge in [0.15, 0.2) is 5.76 Å². The molecule has 0 radical (unpaired) electrons. The molecule has 0 aliphatic carbocycles. The van der Waals surface area contributed by atoms with Crippen LogP contribution in [-0.2, 0) is 0 Å². The first-order valence-electron chi connectivity index (χ1n) is 11.2. The van der Waals surface area contributed by atoms with Gasteiger partial charge >= 0.3 is 0 Å². The van der Waals surface area contributed by atoms with Crippen molar-refractivity contribution in [2.45, 2.75) is 0 Å². The number of nitriles is 2. The summed E-state index contributed by atoms with van der Waals surface area (Å²) >= 11 is 0. The third-order valence-electron chi connectivity index (χ3n) is 5.97. The first-order valence-corrected chi connectivity index (χ1v) is 11.2. The maximum atomic E-state index is 9.55. The first kappa shape index (κ1) is 22.9. The Morgan fingerprint density at radius 1 is 0.595 bits per heavy atom. The molecule has 0 saturated carbocycles. The summed E-state index contributed by atoms with van der Waals surface area (Å²) in [5.74, 6) is 5.72. The van der Waals surface area contributed by atoms with Gasteiger partial charge in [0, 0.05) is 27.5 Å². The summed E-state index contributed by atoms with van der Waals surface area (Å²) in [7, 11) is 0. The van der Waals surface area contributed by atoms with E-state index in [-0.39, 0.29) is 0 Å². The van der Waals surface area contributed by atoms with Crippen molar-refractivity contribution in [3.63, 3.8) is 0 Å². The molecule has 0 amide bonds. The smallest absolute Gasteiger partial charge is 0.195 e. The Kier molecular flexibility index (Phi) is 6.05. The maximum absolute atomic E-state index is 9.55. The third kappa shape index (κ3) is 4.34. The van der Waals surface area contributed by atoms with Crippen LogP contribution in [0.3, 0.4) is 0 Å². The van der Waals surface area contributed by atoms with Gasteiger partial charge in [0.2, 0.25) is 0 Å². The molecule has 5 nitrogen and oxygen atoms in total. The molecular formula is C32H16N4O. The highest BCUT2D eigenvalue weighted by Gasteiger charge is 2.22. The van der Waals surface area contributed by atoms with Crippen LogP contribution in [0.5, 0.6) is 0 Å². The average molecular weight is 473 g/mol. The van der Waals surface area contributed by atoms with E-state index in [2.05, 4.69) is 34.3 Å². The lowest BCUT2D eigenvalue weighted by Gasteiger charge is -2.12. The molecule has 5 aromatic rings. The fourth-order valence-electron chi connectivity index (χ4n) is 4.21. The van der Waals surface area contributed by atoms with Crippen molar-refractivity contribution in [3.8, 4) is 81.7 Å². The Balaban J connectivity index is 1.75. The quantitative estimate of drug-likeness (QED) is 0.281. The summed E-state index contributed by atoms with van der Waals surface area (Å²) in [6, 6.07) is 30.0. The molecule has 0 spiro atoms. The lowest BCUT2D eigenvalue weighted by Crippen LogP contribution is -1.92. The van der Waals surface area contributed by atoms with E-state index in [1.165, 1.54) is 0 Å². The summed E-state index contributed by atoms with van der Waals surface area (Å²) < 4.78 is 5.71. The van der Waals surface area contributed by atoms with Gasteiger partial charge in [-0.25, -0.2) is 0 Å². The van der Waals surface area contributed by atoms with Gasteiger partial charge in [-0.15, -0.1) is 17.9 Å². The second-order valence-electron chi connectivity index (χ2n) is 8.15. The van der Waals surface area contributed by atoms with Crippen molar-refractivity contribution in [2.75, 3.05) is 0 Å². The van der Waals surface area contributed by atoms with E-state index >= 15 is 0 Å². The van der Waals surface area contributed by atoms with E-state index in [0.717, 1.165) is 27.8 Å². The Labute approximate surface area is 214 Å². The molecule has 0 atom stereocenters. The molecule has 0 N–H and O–H groups in total. The molecule has 0 unspecified atom stereocenters. The third-order valence-corrected chi connectivity index (χ3v) is 5.97. The van der Waals surface area contributed by atoms with E-state index < -0.39 is 0 Å². The van der Waals surface area contributed by atoms with E-state index in [1.807, 2.05) is 60.7 Å². The summed E-state index contributed by atoms with van der Waals surface area (Å²) in [5.41, 5.74) is 7.49. The minimum atomic E-state index is 0.421. The lowest BCUT2D eigenvalue weighted by atomic mass is 9.90. The van der Waals surface area contributed by atoms with Crippen molar-refractivity contribution >= 4 is 0 Å². The van der Waals surface area contributed by atoms with Gasteiger partial charge < -0.3 is 4.52 Å². The van der Waals surface area contributed by atoms with Crippen LogP contribution in [0.2, 0.25) is 0 Å². The van der Waals surface area contributed by atoms with Crippen LogP contribution in [-0.4, -0.2) is 10.4 Å². The van der Waals surface area contributed by atoms with E-state index in [9.17, 15) is 10.5 Å². The van der Waals surface area contributed by atoms with E-state index in [1.54, 1.807) is 24.3 Å². The number of terminal acetylenes is 2. The summed E-state index contributed by atoms with van der Waals surface area (Å²) in [6.07, 6.45) is 11.3. The van der Waals surface area contributed by atoms with Gasteiger partial charge in [-0.3, -0.25) is 0 Å². The number of aromatic nitrogens is 2. The second kappa shape index (κ2) is 9.77. The summed E-state index contributed by atoms with van der Waals surface area (Å²) in [6.45, 7) is 0. The van der Waals surface area contributed by atoms with E-state index in [0.29, 0.717) is 39.3 Å². The van der Waals surface area contributed by atoms with Gasteiger partial charge in [0.05, 0.1) is 23.3 Å². The lowest BCUT2D eigenvalue weighted by molar-refractivity contribution is 0.404. The maximum Gasteiger partial charge on any atom is 0.195 e. The molecule has 37 heavy (non-hydrogen) atoms. The van der Waals surface area contributed by atoms with Crippen LogP contribution in [0.4, 0.5) is 0 Å². The molecule has 5 rings (SSSR count). The molecule has 1 heterocycles. The van der Waals surface area contributed by atoms with Gasteiger partial charge in [0.1, 0.15) is 5.69 Å². The molecule has 0 aliphatic heterocycles. The largest absolute Gasteiger partial charge is 0.336 e. The van der Waals surface area contributed by atoms with Gasteiger partial charge in [0.25, 0.3) is 0 Å². The zero-order valence-electron chi connectivity index (χ0n) is 19.4. The Hall–Kier alpha value is -5.88. The predicted molar refractivity (Wildman–Crippen MR) is 141 cm³/mol. The standard InChI is InChI=1S/C32H16N4O/c1-3-21-7-5-9-25(15-21)29-17-23(19-33)11-13-27(29)31-32(37-36-35-31)28-14-12-24(20-34)18-30(28)26-10-6-8-22(4-2)16-26/h1-2,5-18H. The number of hydrogen-bond acceptors (Lipinski definition) is 5. The minimum Gasteiger partial charge on any atom is -0.336 e. The van der Waals surface area contributed by atoms with Crippen molar-refractivity contribution in [1.82, 2.24) is 10.4 Å². The first-order chi connectivity index (χ1) is 18.1. The van der Waals surface area contributed by atoms with Gasteiger partial charge in [-0.05, 0) is 76.9 Å². The van der Waals surface area contributed by atoms with Crippen LogP contribution in [0.15, 0.2) is 89.5 Å². The van der Waals surface area contributed by atoms with Crippen LogP contribution >= 0.6 is 0 Å². The Bertz CT molecular complexity index is 1700. The molecule has 5 heteroatoms. The Morgan fingerprint density at radius 3 is 1.68 bits per heavy atom. The molecule has 0 fully saturated rings. The van der Waals surface area contributed by atoms with Crippen molar-refractivity contribution < 1.29 is 4.52 Å². The van der Waals surface area contributed by atoms with Crippen LogP contribution in [0.25, 0.3) is 44.8 Å². The van der Waals surface area contributed by atoms with Crippen LogP contribution in [0, 0.1) is 47.3 Å². The Morgan fingerprint density at radius 2 is 1.14 bits per heavy atom. The highest BCUT2D eigenvalue weighted by molar-refractivity contribution is 5.92. The summed E-state index contributed by atoms with van der Waals surface area (Å²) in [4.78, 5) is 0. The van der Waals surface area contributed by atoms with E-state index in [4.69, 9.17) is 17.4 Å². The fourth-order valence-corrected chi connectivity index (χ4v) is 4.21. The normalized spacial score (nSPS) is 10.1. The van der Waals surface area contributed by atoms with Crippen molar-refractivity contribution in [2.24, 2.45) is 0 Å². The predicted octanol–water partition coefficient (Wildman–Crippen LogP) is 6.44. The van der Waals surface area contributed by atoms with Crippen molar-refractivity contribution in [1.29, 1.82) is 10.5 Å². The topological polar surface area (TPSA) is 86.5 Å². The zero-order valence-corrected chi connectivity index (χ0v) is 19.4. The molecular weight excluding hydrogens is 456 g/mol. The highest BCUT2D eigenvalue weighted by Crippen LogP contribution is 2.41. The van der Waals surface area contributed by atoms with Crippen LogP contribution < -0.4 is 0 Å². The molecule has 0 bridgehead atoms. The second-order valence-corrected chi connectivity index (χ2v) is 8.15. The molecule has 4 aromatic carbocycles. The molecule has 0 aliphatic rings. The molecule has 0 saturated heterocycles. The monoisotopic (exact) mass is 472 g/mol. The molecule has 170 valence electrons. The number of hydrogen-bond donors (Lipinski definition) is 0. The minimum absolute atomic E-state index is 0.421. The molecule has 1 aromatic heterocycles.